The number of rotatable bonds is 9. The maximum Gasteiger partial charge on any atom is 0.416 e. The Morgan fingerprint density at radius 1 is 1.07 bits per heavy atom. The highest BCUT2D eigenvalue weighted by Crippen LogP contribution is 2.32. The third-order valence-electron chi connectivity index (χ3n) is 6.60. The van der Waals surface area contributed by atoms with Gasteiger partial charge in [0.25, 0.3) is 5.91 Å². The lowest BCUT2D eigenvalue weighted by molar-refractivity contribution is -0.137. The van der Waals surface area contributed by atoms with Gasteiger partial charge in [0.1, 0.15) is 6.54 Å². The maximum atomic E-state index is 13.1. The van der Waals surface area contributed by atoms with Crippen molar-refractivity contribution in [1.29, 1.82) is 0 Å². The number of nitrogens with zero attached hydrogens (tertiary/aromatic N) is 4. The van der Waals surface area contributed by atoms with Crippen molar-refractivity contribution in [3.8, 4) is 0 Å². The largest absolute Gasteiger partial charge is 0.416 e. The SMILES string of the molecule is CC(C)CN(CC(=O)Nc1nc(CC(=O)N2CCN(c3cccc(C(F)(F)F)c3)CC2)cs1)C(=O)c1ccc(Cl)cc1. The van der Waals surface area contributed by atoms with E-state index in [1.807, 2.05) is 18.7 Å². The summed E-state index contributed by atoms with van der Waals surface area (Å²) >= 11 is 7.11. The highest BCUT2D eigenvalue weighted by Gasteiger charge is 2.31. The predicted molar refractivity (Wildman–Crippen MR) is 157 cm³/mol. The molecule has 4 rings (SSSR count). The molecule has 0 aliphatic carbocycles. The zero-order valence-corrected chi connectivity index (χ0v) is 24.7. The molecule has 2 heterocycles. The molecule has 13 heteroatoms. The Morgan fingerprint density at radius 3 is 2.40 bits per heavy atom. The molecule has 1 N–H and O–H groups in total. The molecule has 3 aromatic rings. The zero-order valence-electron chi connectivity index (χ0n) is 23.2. The van der Waals surface area contributed by atoms with Crippen LogP contribution in [0.15, 0.2) is 53.9 Å². The van der Waals surface area contributed by atoms with Gasteiger partial charge in [0, 0.05) is 54.4 Å². The molecule has 0 saturated carbocycles. The monoisotopic (exact) mass is 621 g/mol. The lowest BCUT2D eigenvalue weighted by Crippen LogP contribution is -2.49. The summed E-state index contributed by atoms with van der Waals surface area (Å²) in [6.07, 6.45) is -4.38. The van der Waals surface area contributed by atoms with E-state index in [9.17, 15) is 27.6 Å². The van der Waals surface area contributed by atoms with Gasteiger partial charge in [-0.2, -0.15) is 13.2 Å². The van der Waals surface area contributed by atoms with Gasteiger partial charge >= 0.3 is 6.18 Å². The van der Waals surface area contributed by atoms with Gasteiger partial charge < -0.3 is 20.0 Å². The van der Waals surface area contributed by atoms with E-state index in [-0.39, 0.29) is 30.7 Å². The van der Waals surface area contributed by atoms with Crippen LogP contribution in [0.5, 0.6) is 0 Å². The fraction of sp³-hybridized carbons (Fsp3) is 0.379. The molecule has 8 nitrogen and oxygen atoms in total. The fourth-order valence-corrected chi connectivity index (χ4v) is 5.42. The zero-order chi connectivity index (χ0) is 30.4. The lowest BCUT2D eigenvalue weighted by atomic mass is 10.1. The van der Waals surface area contributed by atoms with Gasteiger partial charge in [0.05, 0.1) is 17.7 Å². The maximum absolute atomic E-state index is 13.1. The van der Waals surface area contributed by atoms with Crippen molar-refractivity contribution >= 4 is 51.5 Å². The second kappa shape index (κ2) is 13.6. The number of amides is 3. The Labute approximate surface area is 251 Å². The second-order valence-electron chi connectivity index (χ2n) is 10.4. The van der Waals surface area contributed by atoms with E-state index >= 15 is 0 Å². The van der Waals surface area contributed by atoms with Gasteiger partial charge in [-0.05, 0) is 48.4 Å². The van der Waals surface area contributed by atoms with Gasteiger partial charge in [-0.15, -0.1) is 11.3 Å². The van der Waals surface area contributed by atoms with Crippen molar-refractivity contribution in [2.24, 2.45) is 5.92 Å². The minimum atomic E-state index is -4.41. The number of carbonyl (C=O) groups excluding carboxylic acids is 3. The Balaban J connectivity index is 1.29. The predicted octanol–water partition coefficient (Wildman–Crippen LogP) is 5.44. The van der Waals surface area contributed by atoms with Crippen LogP contribution in [0.4, 0.5) is 24.0 Å². The van der Waals surface area contributed by atoms with Crippen molar-refractivity contribution in [2.75, 3.05) is 49.5 Å². The Kier molecular flexibility index (Phi) is 10.1. The standard InChI is InChI=1S/C29H31ClF3N5O3S/c1-19(2)16-38(27(41)20-6-8-22(30)9-7-20)17-25(39)35-28-34-23(18-42-28)15-26(40)37-12-10-36(11-13-37)24-5-3-4-21(14-24)29(31,32)33/h3-9,14,18-19H,10-13,15-17H2,1-2H3,(H,34,35,39). The van der Waals surface area contributed by atoms with E-state index in [0.717, 1.165) is 12.1 Å². The third-order valence-corrected chi connectivity index (χ3v) is 7.66. The van der Waals surface area contributed by atoms with Crippen LogP contribution >= 0.6 is 22.9 Å². The molecule has 3 amide bonds. The average molecular weight is 622 g/mol. The Hall–Kier alpha value is -3.64. The topological polar surface area (TPSA) is 85.8 Å². The molecule has 0 unspecified atom stereocenters. The molecular formula is C29H31ClF3N5O3S. The second-order valence-corrected chi connectivity index (χ2v) is 11.7. The Bertz CT molecular complexity index is 1410. The number of thiazole rings is 1. The van der Waals surface area contributed by atoms with E-state index in [1.54, 1.807) is 40.6 Å². The molecule has 1 aliphatic rings. The first-order chi connectivity index (χ1) is 19.9. The van der Waals surface area contributed by atoms with Crippen LogP contribution in [-0.2, 0) is 22.2 Å². The first-order valence-electron chi connectivity index (χ1n) is 13.4. The number of carbonyl (C=O) groups is 3. The molecule has 1 aromatic heterocycles. The average Bonchev–Trinajstić information content (AvgIpc) is 3.38. The van der Waals surface area contributed by atoms with E-state index in [2.05, 4.69) is 10.3 Å². The van der Waals surface area contributed by atoms with Gasteiger partial charge in [-0.3, -0.25) is 14.4 Å². The number of hydrogen-bond acceptors (Lipinski definition) is 6. The number of piperazine rings is 1. The molecule has 1 fully saturated rings. The van der Waals surface area contributed by atoms with Gasteiger partial charge in [0.15, 0.2) is 5.13 Å². The third kappa shape index (κ3) is 8.45. The molecule has 42 heavy (non-hydrogen) atoms. The molecule has 224 valence electrons. The number of aromatic nitrogens is 1. The van der Waals surface area contributed by atoms with Crippen LogP contribution in [0.1, 0.15) is 35.5 Å². The van der Waals surface area contributed by atoms with Crippen molar-refractivity contribution in [3.63, 3.8) is 0 Å². The number of anilines is 2. The van der Waals surface area contributed by atoms with Gasteiger partial charge in [0.2, 0.25) is 11.8 Å². The summed E-state index contributed by atoms with van der Waals surface area (Å²) in [6, 6.07) is 11.7. The number of benzene rings is 2. The van der Waals surface area contributed by atoms with Crippen molar-refractivity contribution in [2.45, 2.75) is 26.4 Å². The summed E-state index contributed by atoms with van der Waals surface area (Å²) in [4.78, 5) is 48.0. The minimum absolute atomic E-state index is 0.0322. The molecule has 1 aliphatic heterocycles. The lowest BCUT2D eigenvalue weighted by Gasteiger charge is -2.36. The van der Waals surface area contributed by atoms with Crippen molar-refractivity contribution in [3.05, 3.63) is 75.8 Å². The first-order valence-corrected chi connectivity index (χ1v) is 14.6. The summed E-state index contributed by atoms with van der Waals surface area (Å²) in [5.74, 6) is -0.706. The molecule has 0 atom stereocenters. The summed E-state index contributed by atoms with van der Waals surface area (Å²) < 4.78 is 39.2. The molecule has 0 bridgehead atoms. The normalized spacial score (nSPS) is 13.8. The summed E-state index contributed by atoms with van der Waals surface area (Å²) in [5.41, 5.74) is 0.694. The summed E-state index contributed by atoms with van der Waals surface area (Å²) in [7, 11) is 0. The number of hydrogen-bond donors (Lipinski definition) is 1. The number of alkyl halides is 3. The van der Waals surface area contributed by atoms with Crippen LogP contribution in [0.25, 0.3) is 0 Å². The molecule has 2 aromatic carbocycles. The van der Waals surface area contributed by atoms with Crippen LogP contribution in [0, 0.1) is 5.92 Å². The summed E-state index contributed by atoms with van der Waals surface area (Å²) in [5, 5.41) is 5.24. The number of nitrogens with one attached hydrogen (secondary N) is 1. The van der Waals surface area contributed by atoms with Crippen LogP contribution in [0.3, 0.4) is 0 Å². The molecule has 1 saturated heterocycles. The minimum Gasteiger partial charge on any atom is -0.368 e. The van der Waals surface area contributed by atoms with Crippen LogP contribution in [-0.4, -0.2) is 71.8 Å². The quantitative estimate of drug-likeness (QED) is 0.344. The highest BCUT2D eigenvalue weighted by atomic mass is 35.5. The summed E-state index contributed by atoms with van der Waals surface area (Å²) in [6.45, 7) is 5.69. The first kappa shape index (κ1) is 31.3. The van der Waals surface area contributed by atoms with E-state index in [0.29, 0.717) is 59.8 Å². The van der Waals surface area contributed by atoms with Crippen molar-refractivity contribution < 1.29 is 27.6 Å². The molecule has 0 spiro atoms. The Morgan fingerprint density at radius 2 is 1.76 bits per heavy atom. The van der Waals surface area contributed by atoms with Crippen LogP contribution < -0.4 is 10.2 Å². The van der Waals surface area contributed by atoms with Crippen molar-refractivity contribution in [1.82, 2.24) is 14.8 Å². The van der Waals surface area contributed by atoms with E-state index in [4.69, 9.17) is 11.6 Å². The molecule has 0 radical (unpaired) electrons. The number of halogens is 4. The molecular weight excluding hydrogens is 591 g/mol. The highest BCUT2D eigenvalue weighted by molar-refractivity contribution is 7.13. The fourth-order valence-electron chi connectivity index (χ4n) is 4.57. The van der Waals surface area contributed by atoms with Crippen LogP contribution in [0.2, 0.25) is 5.02 Å². The smallest absolute Gasteiger partial charge is 0.368 e. The van der Waals surface area contributed by atoms with E-state index < -0.39 is 17.6 Å². The van der Waals surface area contributed by atoms with Gasteiger partial charge in [-0.25, -0.2) is 4.98 Å². The van der Waals surface area contributed by atoms with E-state index in [1.165, 1.54) is 22.3 Å². The van der Waals surface area contributed by atoms with Gasteiger partial charge in [-0.1, -0.05) is 31.5 Å².